The first-order chi connectivity index (χ1) is 13.6. The van der Waals surface area contributed by atoms with Gasteiger partial charge in [-0.2, -0.15) is 5.10 Å². The number of hydrogen-bond acceptors (Lipinski definition) is 6. The molecule has 0 unspecified atom stereocenters. The molecule has 0 radical (unpaired) electrons. The number of nitrogen functional groups attached to an aromatic ring is 1. The Morgan fingerprint density at radius 1 is 1.00 bits per heavy atom. The number of methoxy groups -OCH3 is 2. The molecule has 2 aromatic heterocycles. The van der Waals surface area contributed by atoms with Crippen LogP contribution >= 0.6 is 0 Å². The van der Waals surface area contributed by atoms with Gasteiger partial charge in [-0.15, -0.1) is 0 Å². The van der Waals surface area contributed by atoms with Crippen molar-refractivity contribution in [3.63, 3.8) is 0 Å². The van der Waals surface area contributed by atoms with Gasteiger partial charge in [0.2, 0.25) is 0 Å². The van der Waals surface area contributed by atoms with Crippen molar-refractivity contribution in [1.29, 1.82) is 0 Å². The van der Waals surface area contributed by atoms with Crippen molar-refractivity contribution in [3.05, 3.63) is 66.4 Å². The summed E-state index contributed by atoms with van der Waals surface area (Å²) in [5.74, 6) is 0.0845. The number of nitrogens with two attached hydrogens (primary N) is 1. The number of hydrogen-bond donors (Lipinski definition) is 1. The fourth-order valence-corrected chi connectivity index (χ4v) is 3.04. The van der Waals surface area contributed by atoms with Crippen molar-refractivity contribution < 1.29 is 14.3 Å². The summed E-state index contributed by atoms with van der Waals surface area (Å²) in [6.45, 7) is 0. The summed E-state index contributed by atoms with van der Waals surface area (Å²) in [6.07, 6.45) is 0. The van der Waals surface area contributed by atoms with E-state index >= 15 is 0 Å². The Hall–Kier alpha value is -3.87. The van der Waals surface area contributed by atoms with Crippen LogP contribution in [0.15, 0.2) is 60.7 Å². The fourth-order valence-electron chi connectivity index (χ4n) is 3.04. The summed E-state index contributed by atoms with van der Waals surface area (Å²) in [6, 6.07) is 18.6. The predicted octanol–water partition coefficient (Wildman–Crippen LogP) is 3.46. The Labute approximate surface area is 161 Å². The van der Waals surface area contributed by atoms with E-state index in [2.05, 4.69) is 10.1 Å². The van der Waals surface area contributed by atoms with Crippen LogP contribution in [-0.2, 0) is 4.74 Å². The molecule has 0 atom stereocenters. The molecule has 0 aliphatic carbocycles. The average molecular weight is 374 g/mol. The average Bonchev–Trinajstić information content (AvgIpc) is 3.14. The van der Waals surface area contributed by atoms with E-state index in [0.29, 0.717) is 33.9 Å². The van der Waals surface area contributed by atoms with Crippen molar-refractivity contribution in [2.45, 2.75) is 0 Å². The lowest BCUT2D eigenvalue weighted by Gasteiger charge is -2.07. The minimum absolute atomic E-state index is 0.204. The van der Waals surface area contributed by atoms with E-state index in [4.69, 9.17) is 15.2 Å². The van der Waals surface area contributed by atoms with Crippen molar-refractivity contribution >= 4 is 22.7 Å². The van der Waals surface area contributed by atoms with Crippen molar-refractivity contribution in [2.75, 3.05) is 20.0 Å². The lowest BCUT2D eigenvalue weighted by molar-refractivity contribution is 0.0592. The van der Waals surface area contributed by atoms with E-state index < -0.39 is 5.97 Å². The van der Waals surface area contributed by atoms with Crippen LogP contribution in [0.3, 0.4) is 0 Å². The third-order valence-electron chi connectivity index (χ3n) is 4.40. The normalized spacial score (nSPS) is 10.8. The molecule has 7 heteroatoms. The monoisotopic (exact) mass is 374 g/mol. The largest absolute Gasteiger partial charge is 0.497 e. The van der Waals surface area contributed by atoms with Gasteiger partial charge in [0.05, 0.1) is 31.3 Å². The Balaban J connectivity index is 2.01. The second-order valence-electron chi connectivity index (χ2n) is 6.11. The van der Waals surface area contributed by atoms with Gasteiger partial charge in [-0.05, 0) is 18.2 Å². The number of nitrogens with zero attached hydrogens (tertiary/aromatic N) is 3. The van der Waals surface area contributed by atoms with E-state index in [1.54, 1.807) is 19.2 Å². The van der Waals surface area contributed by atoms with Gasteiger partial charge in [0.1, 0.15) is 16.8 Å². The topological polar surface area (TPSA) is 92.3 Å². The third kappa shape index (κ3) is 2.92. The van der Waals surface area contributed by atoms with Crippen molar-refractivity contribution in [3.8, 4) is 22.7 Å². The highest BCUT2D eigenvalue weighted by Crippen LogP contribution is 2.30. The number of pyridine rings is 1. The lowest BCUT2D eigenvalue weighted by Crippen LogP contribution is -2.11. The number of carbonyl (C=O) groups is 1. The number of anilines is 1. The molecule has 0 amide bonds. The second-order valence-corrected chi connectivity index (χ2v) is 6.11. The predicted molar refractivity (Wildman–Crippen MR) is 107 cm³/mol. The molecule has 140 valence electrons. The van der Waals surface area contributed by atoms with Crippen LogP contribution in [0.4, 0.5) is 5.69 Å². The smallest absolute Gasteiger partial charge is 0.359 e. The highest BCUT2D eigenvalue weighted by atomic mass is 16.5. The quantitative estimate of drug-likeness (QED) is 0.550. The van der Waals surface area contributed by atoms with E-state index in [9.17, 15) is 4.79 Å². The molecule has 0 spiro atoms. The number of esters is 1. The van der Waals surface area contributed by atoms with Crippen molar-refractivity contribution in [1.82, 2.24) is 14.8 Å². The molecular weight excluding hydrogens is 356 g/mol. The standard InChI is InChI=1S/C21H18N4O3/c1-27-15-10-6-9-14(11-15)25-20(21(26)28-2)19-18(24-25)16(22)12-17(23-19)13-7-4-3-5-8-13/h3-12H,22H2,1-2H3. The van der Waals surface area contributed by atoms with Crippen LogP contribution in [0.2, 0.25) is 0 Å². The first-order valence-electron chi connectivity index (χ1n) is 8.59. The maximum Gasteiger partial charge on any atom is 0.359 e. The molecule has 2 aromatic carbocycles. The molecule has 2 N–H and O–H groups in total. The molecule has 7 nitrogen and oxygen atoms in total. The highest BCUT2D eigenvalue weighted by molar-refractivity contribution is 6.04. The molecule has 4 rings (SSSR count). The number of fused-ring (bicyclic) bond motifs is 1. The van der Waals surface area contributed by atoms with Gasteiger partial charge < -0.3 is 15.2 Å². The molecule has 0 fully saturated rings. The van der Waals surface area contributed by atoms with Crippen LogP contribution in [-0.4, -0.2) is 35.0 Å². The summed E-state index contributed by atoms with van der Waals surface area (Å²) in [7, 11) is 2.90. The SMILES string of the molecule is COC(=O)c1c2nc(-c3ccccc3)cc(N)c2nn1-c1cccc(OC)c1. The van der Waals surface area contributed by atoms with E-state index in [0.717, 1.165) is 5.56 Å². The van der Waals surface area contributed by atoms with Gasteiger partial charge in [-0.1, -0.05) is 36.4 Å². The summed E-state index contributed by atoms with van der Waals surface area (Å²) >= 11 is 0. The first kappa shape index (κ1) is 17.5. The van der Waals surface area contributed by atoms with Gasteiger partial charge in [0, 0.05) is 11.6 Å². The van der Waals surface area contributed by atoms with Gasteiger partial charge in [0.25, 0.3) is 0 Å². The van der Waals surface area contributed by atoms with E-state index in [1.807, 2.05) is 48.5 Å². The van der Waals surface area contributed by atoms with Gasteiger partial charge in [-0.25, -0.2) is 14.5 Å². The minimum Gasteiger partial charge on any atom is -0.497 e. The molecular formula is C21H18N4O3. The number of carbonyl (C=O) groups excluding carboxylic acids is 1. The molecule has 4 aromatic rings. The van der Waals surface area contributed by atoms with Crippen LogP contribution in [0.5, 0.6) is 5.75 Å². The summed E-state index contributed by atoms with van der Waals surface area (Å²) in [5, 5.41) is 4.53. The summed E-state index contributed by atoms with van der Waals surface area (Å²) in [4.78, 5) is 17.3. The van der Waals surface area contributed by atoms with Gasteiger partial charge in [-0.3, -0.25) is 0 Å². The summed E-state index contributed by atoms with van der Waals surface area (Å²) in [5.41, 5.74) is 9.89. The Kier molecular flexibility index (Phi) is 4.41. The minimum atomic E-state index is -0.553. The molecule has 0 bridgehead atoms. The number of ether oxygens (including phenoxy) is 2. The van der Waals surface area contributed by atoms with Crippen LogP contribution < -0.4 is 10.5 Å². The molecule has 0 aliphatic heterocycles. The summed E-state index contributed by atoms with van der Waals surface area (Å²) < 4.78 is 11.8. The van der Waals surface area contributed by atoms with Crippen molar-refractivity contribution in [2.24, 2.45) is 0 Å². The molecule has 2 heterocycles. The second kappa shape index (κ2) is 7.03. The highest BCUT2D eigenvalue weighted by Gasteiger charge is 2.24. The van der Waals surface area contributed by atoms with Gasteiger partial charge >= 0.3 is 5.97 Å². The number of benzene rings is 2. The maximum atomic E-state index is 12.6. The zero-order valence-corrected chi connectivity index (χ0v) is 15.4. The maximum absolute atomic E-state index is 12.6. The lowest BCUT2D eigenvalue weighted by atomic mass is 10.1. The first-order valence-corrected chi connectivity index (χ1v) is 8.59. The zero-order chi connectivity index (χ0) is 19.7. The fraction of sp³-hybridized carbons (Fsp3) is 0.0952. The van der Waals surface area contributed by atoms with E-state index in [1.165, 1.54) is 11.8 Å². The van der Waals surface area contributed by atoms with E-state index in [-0.39, 0.29) is 5.69 Å². The Morgan fingerprint density at radius 3 is 2.50 bits per heavy atom. The number of aromatic nitrogens is 3. The molecule has 28 heavy (non-hydrogen) atoms. The molecule has 0 aliphatic rings. The Morgan fingerprint density at radius 2 is 1.79 bits per heavy atom. The van der Waals surface area contributed by atoms with Crippen LogP contribution in [0.1, 0.15) is 10.5 Å². The van der Waals surface area contributed by atoms with Crippen LogP contribution in [0.25, 0.3) is 28.0 Å². The molecule has 0 saturated heterocycles. The third-order valence-corrected chi connectivity index (χ3v) is 4.40. The zero-order valence-electron chi connectivity index (χ0n) is 15.4. The Bertz CT molecular complexity index is 1170. The number of rotatable bonds is 4. The van der Waals surface area contributed by atoms with Gasteiger partial charge in [0.15, 0.2) is 5.69 Å². The molecule has 0 saturated carbocycles. The van der Waals surface area contributed by atoms with Crippen LogP contribution in [0, 0.1) is 0 Å².